The molecule has 1 aliphatic rings. The van der Waals surface area contributed by atoms with Crippen LogP contribution in [-0.2, 0) is 22.5 Å². The second kappa shape index (κ2) is 13.2. The third-order valence-electron chi connectivity index (χ3n) is 6.78. The number of unbranched alkanes of at least 4 members (excludes halogenated alkanes) is 1. The third kappa shape index (κ3) is 6.62. The zero-order valence-electron chi connectivity index (χ0n) is 22.6. The highest BCUT2D eigenvalue weighted by molar-refractivity contribution is 6.32. The van der Waals surface area contributed by atoms with Crippen LogP contribution in [0.3, 0.4) is 0 Å². The quantitative estimate of drug-likeness (QED) is 0.0623. The number of tetrazole rings is 1. The van der Waals surface area contributed by atoms with E-state index in [0.717, 1.165) is 47.9 Å². The van der Waals surface area contributed by atoms with Crippen LogP contribution in [0.4, 0.5) is 0 Å². The van der Waals surface area contributed by atoms with Crippen molar-refractivity contribution in [3.8, 4) is 22.5 Å². The van der Waals surface area contributed by atoms with Crippen molar-refractivity contribution in [2.75, 3.05) is 19.9 Å². The monoisotopic (exact) mass is 579 g/mol. The molecule has 1 N–H and O–H groups in total. The standard InChI is InChI=1S/C27H30ClN9O4/c1-2-3-10-23-29-25(28)24(27(38)40-18-41-34-37(39)35-15-6-7-16-35)36(23)17-19-11-13-20(14-12-19)21-8-4-5-9-22(21)26-30-32-33-31-26/h4-5,8-9,11-14H,2-3,6-7,10,15-18H2,1H3,(H,30,31,32,33)/b37-34-. The normalized spacial score (nSPS) is 13.5. The molecule has 1 fully saturated rings. The number of hydrogen-bond acceptors (Lipinski definition) is 9. The number of halogens is 1. The Labute approximate surface area is 241 Å². The molecule has 41 heavy (non-hydrogen) atoms. The lowest BCUT2D eigenvalue weighted by molar-refractivity contribution is -0.708. The van der Waals surface area contributed by atoms with E-state index in [9.17, 15) is 10.0 Å². The van der Waals surface area contributed by atoms with E-state index in [1.54, 1.807) is 4.57 Å². The van der Waals surface area contributed by atoms with E-state index in [1.165, 1.54) is 5.01 Å². The maximum atomic E-state index is 13.0. The minimum atomic E-state index is -0.717. The summed E-state index contributed by atoms with van der Waals surface area (Å²) in [4.78, 5) is 22.8. The van der Waals surface area contributed by atoms with Crippen LogP contribution in [0.15, 0.2) is 53.8 Å². The van der Waals surface area contributed by atoms with E-state index in [2.05, 4.69) is 37.8 Å². The maximum Gasteiger partial charge on any atom is 0.361 e. The Balaban J connectivity index is 1.32. The molecule has 0 spiro atoms. The first-order chi connectivity index (χ1) is 20.0. The summed E-state index contributed by atoms with van der Waals surface area (Å²) in [6.07, 6.45) is 4.32. The molecule has 2 aromatic carbocycles. The third-order valence-corrected chi connectivity index (χ3v) is 7.04. The number of hydrogen-bond donors (Lipinski definition) is 1. The number of hydrazine groups is 1. The van der Waals surface area contributed by atoms with Gasteiger partial charge in [0.2, 0.25) is 5.28 Å². The van der Waals surface area contributed by atoms with E-state index >= 15 is 0 Å². The number of ether oxygens (including phenoxy) is 1. The van der Waals surface area contributed by atoms with E-state index in [4.69, 9.17) is 21.2 Å². The Hall–Kier alpha value is -4.52. The first-order valence-corrected chi connectivity index (χ1v) is 13.8. The Morgan fingerprint density at radius 2 is 1.90 bits per heavy atom. The fraction of sp³-hybridized carbons (Fsp3) is 0.370. The molecule has 1 aliphatic heterocycles. The summed E-state index contributed by atoms with van der Waals surface area (Å²) in [7, 11) is 0. The van der Waals surface area contributed by atoms with Crippen molar-refractivity contribution < 1.29 is 19.3 Å². The first kappa shape index (κ1) is 28.0. The number of carbonyl (C=O) groups is 1. The number of esters is 1. The molecule has 3 heterocycles. The van der Waals surface area contributed by atoms with Crippen LogP contribution in [-0.4, -0.2) is 66.0 Å². The fourth-order valence-corrected chi connectivity index (χ4v) is 4.97. The van der Waals surface area contributed by atoms with Crippen LogP contribution in [0.1, 0.15) is 54.5 Å². The zero-order chi connectivity index (χ0) is 28.6. The van der Waals surface area contributed by atoms with Gasteiger partial charge in [0.15, 0.2) is 16.7 Å². The van der Waals surface area contributed by atoms with Crippen LogP contribution < -0.4 is 0 Å². The number of aryl methyl sites for hydroxylation is 1. The molecule has 214 valence electrons. The van der Waals surface area contributed by atoms with Crippen LogP contribution in [0.2, 0.25) is 5.15 Å². The molecule has 0 unspecified atom stereocenters. The lowest BCUT2D eigenvalue weighted by Gasteiger charge is -2.13. The number of H-pyrrole nitrogens is 1. The lowest BCUT2D eigenvalue weighted by Crippen LogP contribution is -2.27. The van der Waals surface area contributed by atoms with Gasteiger partial charge in [0.1, 0.15) is 5.82 Å². The molecule has 0 radical (unpaired) electrons. The van der Waals surface area contributed by atoms with Crippen molar-refractivity contribution >= 4 is 17.6 Å². The molecular formula is C27H30ClN9O4. The summed E-state index contributed by atoms with van der Waals surface area (Å²) in [5.74, 6) is 0.545. The van der Waals surface area contributed by atoms with Gasteiger partial charge < -0.3 is 19.3 Å². The van der Waals surface area contributed by atoms with Crippen molar-refractivity contribution in [2.45, 2.75) is 45.6 Å². The summed E-state index contributed by atoms with van der Waals surface area (Å²) in [6, 6.07) is 15.8. The predicted molar refractivity (Wildman–Crippen MR) is 148 cm³/mol. The van der Waals surface area contributed by atoms with Gasteiger partial charge in [-0.15, -0.1) is 10.1 Å². The highest BCUT2D eigenvalue weighted by atomic mass is 35.5. The van der Waals surface area contributed by atoms with Gasteiger partial charge in [-0.3, -0.25) is 0 Å². The summed E-state index contributed by atoms with van der Waals surface area (Å²) in [5.41, 5.74) is 3.90. The molecule has 0 aliphatic carbocycles. The number of benzene rings is 2. The van der Waals surface area contributed by atoms with Gasteiger partial charge in [0.25, 0.3) is 6.79 Å². The smallest absolute Gasteiger partial charge is 0.361 e. The number of aromatic amines is 1. The molecule has 0 saturated carbocycles. The van der Waals surface area contributed by atoms with Crippen molar-refractivity contribution in [2.24, 2.45) is 5.28 Å². The Bertz CT molecular complexity index is 1480. The van der Waals surface area contributed by atoms with Gasteiger partial charge in [-0.2, -0.15) is 0 Å². The average molecular weight is 580 g/mol. The molecule has 2 aromatic heterocycles. The average Bonchev–Trinajstić information content (AvgIpc) is 3.77. The van der Waals surface area contributed by atoms with Gasteiger partial charge in [-0.25, -0.2) is 14.9 Å². The van der Waals surface area contributed by atoms with Gasteiger partial charge >= 0.3 is 5.97 Å². The largest absolute Gasteiger partial charge is 0.569 e. The number of nitrogens with zero attached hydrogens (tertiary/aromatic N) is 8. The van der Waals surface area contributed by atoms with Gasteiger partial charge in [-0.1, -0.05) is 73.5 Å². The summed E-state index contributed by atoms with van der Waals surface area (Å²) in [5, 5.41) is 31.2. The minimum Gasteiger partial charge on any atom is -0.569 e. The molecule has 0 bridgehead atoms. The van der Waals surface area contributed by atoms with Crippen molar-refractivity contribution in [3.63, 3.8) is 0 Å². The zero-order valence-corrected chi connectivity index (χ0v) is 23.3. The number of nitrogens with one attached hydrogen (secondary N) is 1. The van der Waals surface area contributed by atoms with Crippen molar-refractivity contribution in [1.29, 1.82) is 0 Å². The van der Waals surface area contributed by atoms with Gasteiger partial charge in [0, 0.05) is 18.5 Å². The number of carbonyl (C=O) groups excluding carboxylic acids is 1. The summed E-state index contributed by atoms with van der Waals surface area (Å²) >= 11 is 6.43. The molecule has 0 atom stereocenters. The van der Waals surface area contributed by atoms with E-state index in [1.807, 2.05) is 48.5 Å². The maximum absolute atomic E-state index is 13.0. The van der Waals surface area contributed by atoms with Crippen LogP contribution in [0.25, 0.3) is 22.5 Å². The fourth-order valence-electron chi connectivity index (χ4n) is 4.69. The molecule has 0 amide bonds. The molecule has 13 nitrogen and oxygen atoms in total. The molecule has 4 aromatic rings. The SMILES string of the molecule is CCCCc1nc(Cl)c(C(=O)OCO/N=[N+](\[O-])N2CCCC2)n1Cc1ccc(-c2ccccc2-c2nnn[nH]2)cc1. The van der Waals surface area contributed by atoms with E-state index in [0.29, 0.717) is 42.7 Å². The van der Waals surface area contributed by atoms with Crippen molar-refractivity contribution in [3.05, 3.63) is 76.0 Å². The molecule has 1 saturated heterocycles. The van der Waals surface area contributed by atoms with Crippen molar-refractivity contribution in [1.82, 2.24) is 35.2 Å². The molecular weight excluding hydrogens is 550 g/mol. The molecule has 5 rings (SSSR count). The van der Waals surface area contributed by atoms with Gasteiger partial charge in [-0.05, 0) is 46.4 Å². The predicted octanol–water partition coefficient (Wildman–Crippen LogP) is 4.79. The topological polar surface area (TPSA) is 149 Å². The number of imidazole rings is 1. The van der Waals surface area contributed by atoms with Crippen LogP contribution in [0, 0.1) is 5.21 Å². The molecule has 14 heteroatoms. The highest BCUT2D eigenvalue weighted by Gasteiger charge is 2.24. The van der Waals surface area contributed by atoms with E-state index in [-0.39, 0.29) is 10.8 Å². The first-order valence-electron chi connectivity index (χ1n) is 13.4. The van der Waals surface area contributed by atoms with E-state index < -0.39 is 12.8 Å². The van der Waals surface area contributed by atoms with Crippen LogP contribution in [0.5, 0.6) is 0 Å². The second-order valence-electron chi connectivity index (χ2n) is 9.52. The summed E-state index contributed by atoms with van der Waals surface area (Å²) in [6.45, 7) is 3.12. The Morgan fingerprint density at radius 3 is 2.61 bits per heavy atom. The number of aromatic nitrogens is 6. The van der Waals surface area contributed by atoms with Gasteiger partial charge in [0.05, 0.1) is 18.1 Å². The Morgan fingerprint density at radius 1 is 1.15 bits per heavy atom. The lowest BCUT2D eigenvalue weighted by atomic mass is 9.98. The second-order valence-corrected chi connectivity index (χ2v) is 9.88. The van der Waals surface area contributed by atoms with Crippen LogP contribution >= 0.6 is 11.6 Å². The highest BCUT2D eigenvalue weighted by Crippen LogP contribution is 2.30. The minimum absolute atomic E-state index is 0.0479. The Kier molecular flexibility index (Phi) is 9.04. The number of rotatable bonds is 12. The summed E-state index contributed by atoms with van der Waals surface area (Å²) < 4.78 is 7.01.